The second-order valence-electron chi connectivity index (χ2n) is 6.46. The molecule has 1 fully saturated rings. The van der Waals surface area contributed by atoms with Crippen molar-refractivity contribution in [1.29, 1.82) is 0 Å². The number of nitrogens with one attached hydrogen (secondary N) is 1. The molecule has 1 heterocycles. The van der Waals surface area contributed by atoms with Gasteiger partial charge < -0.3 is 14.8 Å². The van der Waals surface area contributed by atoms with Crippen LogP contribution >= 0.6 is 0 Å². The summed E-state index contributed by atoms with van der Waals surface area (Å²) in [6.45, 7) is 3.96. The molecule has 1 aliphatic carbocycles. The van der Waals surface area contributed by atoms with Crippen molar-refractivity contribution in [1.82, 2.24) is 10.3 Å². The van der Waals surface area contributed by atoms with Crippen LogP contribution in [0.1, 0.15) is 38.7 Å². The molecule has 23 heavy (non-hydrogen) atoms. The molecule has 6 heteroatoms. The summed E-state index contributed by atoms with van der Waals surface area (Å²) in [5.41, 5.74) is 0.565. The second kappa shape index (κ2) is 7.44. The van der Waals surface area contributed by atoms with Crippen LogP contribution in [0.15, 0.2) is 24.5 Å². The van der Waals surface area contributed by atoms with Crippen molar-refractivity contribution >= 4 is 12.1 Å². The van der Waals surface area contributed by atoms with Gasteiger partial charge >= 0.3 is 12.1 Å². The van der Waals surface area contributed by atoms with Crippen LogP contribution in [-0.2, 0) is 20.7 Å². The zero-order chi connectivity index (χ0) is 16.9. The van der Waals surface area contributed by atoms with Gasteiger partial charge in [-0.15, -0.1) is 0 Å². The van der Waals surface area contributed by atoms with Crippen LogP contribution in [0.5, 0.6) is 0 Å². The van der Waals surface area contributed by atoms with Gasteiger partial charge in [-0.3, -0.25) is 4.98 Å². The molecule has 1 amide bonds. The van der Waals surface area contributed by atoms with Crippen LogP contribution in [0.3, 0.4) is 0 Å². The van der Waals surface area contributed by atoms with Gasteiger partial charge in [0, 0.05) is 18.8 Å². The maximum Gasteiger partial charge on any atom is 0.408 e. The van der Waals surface area contributed by atoms with E-state index in [1.165, 1.54) is 7.11 Å². The lowest BCUT2D eigenvalue weighted by molar-refractivity contribution is -0.143. The van der Waals surface area contributed by atoms with Crippen molar-refractivity contribution in [3.63, 3.8) is 0 Å². The first kappa shape index (κ1) is 17.2. The largest absolute Gasteiger partial charge is 0.467 e. The number of aromatic nitrogens is 1. The molecule has 0 bridgehead atoms. The lowest BCUT2D eigenvalue weighted by Gasteiger charge is -2.21. The lowest BCUT2D eigenvalue weighted by atomic mass is 10.0. The summed E-state index contributed by atoms with van der Waals surface area (Å²) in [4.78, 5) is 28.0. The first-order chi connectivity index (χ1) is 10.9. The van der Waals surface area contributed by atoms with E-state index in [1.807, 2.05) is 26.0 Å². The average molecular weight is 320 g/mol. The highest BCUT2D eigenvalue weighted by Crippen LogP contribution is 2.42. The Morgan fingerprint density at radius 3 is 2.65 bits per heavy atom. The Morgan fingerprint density at radius 2 is 2.13 bits per heavy atom. The molecule has 0 radical (unpaired) electrons. The van der Waals surface area contributed by atoms with E-state index in [9.17, 15) is 9.59 Å². The first-order valence-electron chi connectivity index (χ1n) is 7.90. The van der Waals surface area contributed by atoms with E-state index < -0.39 is 23.7 Å². The number of alkyl carbamates (subject to hydrolysis) is 1. The van der Waals surface area contributed by atoms with Crippen molar-refractivity contribution in [3.05, 3.63) is 30.1 Å². The molecule has 1 unspecified atom stereocenters. The summed E-state index contributed by atoms with van der Waals surface area (Å²) in [7, 11) is 1.31. The van der Waals surface area contributed by atoms with E-state index >= 15 is 0 Å². The van der Waals surface area contributed by atoms with Crippen molar-refractivity contribution in [2.45, 2.75) is 51.2 Å². The zero-order valence-electron chi connectivity index (χ0n) is 13.9. The number of carbonyl (C=O) groups is 2. The summed E-state index contributed by atoms with van der Waals surface area (Å²) in [5, 5.41) is 2.63. The van der Waals surface area contributed by atoms with E-state index in [-0.39, 0.29) is 5.92 Å². The molecule has 0 aromatic carbocycles. The standard InChI is InChI=1S/C17H24N2O4/c1-12(2)9-14(15(20)22-3)19-16(21)23-17(6-7-17)10-13-5-4-8-18-11-13/h4-5,8,11-12,14H,6-7,9-10H2,1-3H3,(H,19,21). The number of hydrogen-bond donors (Lipinski definition) is 1. The van der Waals surface area contributed by atoms with Gasteiger partial charge in [-0.25, -0.2) is 9.59 Å². The molecular weight excluding hydrogens is 296 g/mol. The molecule has 1 saturated carbocycles. The molecule has 0 saturated heterocycles. The first-order valence-corrected chi connectivity index (χ1v) is 7.90. The molecular formula is C17H24N2O4. The fourth-order valence-electron chi connectivity index (χ4n) is 2.53. The monoisotopic (exact) mass is 320 g/mol. The highest BCUT2D eigenvalue weighted by atomic mass is 16.6. The van der Waals surface area contributed by atoms with Gasteiger partial charge in [0.2, 0.25) is 0 Å². The maximum absolute atomic E-state index is 12.1. The molecule has 0 spiro atoms. The van der Waals surface area contributed by atoms with Gasteiger partial charge in [-0.05, 0) is 36.8 Å². The molecule has 126 valence electrons. The van der Waals surface area contributed by atoms with Gasteiger partial charge in [0.1, 0.15) is 11.6 Å². The Morgan fingerprint density at radius 1 is 1.39 bits per heavy atom. The number of rotatable bonds is 7. The molecule has 1 atom stereocenters. The van der Waals surface area contributed by atoms with Crippen molar-refractivity contribution in [2.75, 3.05) is 7.11 Å². The summed E-state index contributed by atoms with van der Waals surface area (Å²) < 4.78 is 10.3. The summed E-state index contributed by atoms with van der Waals surface area (Å²) in [6.07, 6.45) is 5.71. The Labute approximate surface area is 136 Å². The minimum Gasteiger partial charge on any atom is -0.467 e. The van der Waals surface area contributed by atoms with E-state index in [2.05, 4.69) is 10.3 Å². The molecule has 1 aliphatic rings. The van der Waals surface area contributed by atoms with Gasteiger partial charge in [0.15, 0.2) is 0 Å². The summed E-state index contributed by atoms with van der Waals surface area (Å²) in [6, 6.07) is 3.15. The quantitative estimate of drug-likeness (QED) is 0.781. The highest BCUT2D eigenvalue weighted by Gasteiger charge is 2.47. The summed E-state index contributed by atoms with van der Waals surface area (Å²) >= 11 is 0. The predicted molar refractivity (Wildman–Crippen MR) is 84.8 cm³/mol. The lowest BCUT2D eigenvalue weighted by Crippen LogP contribution is -2.44. The SMILES string of the molecule is COC(=O)C(CC(C)C)NC(=O)OC1(Cc2cccnc2)CC1. The molecule has 1 N–H and O–H groups in total. The Kier molecular flexibility index (Phi) is 5.58. The number of nitrogens with zero attached hydrogens (tertiary/aromatic N) is 1. The molecule has 2 rings (SSSR count). The molecule has 6 nitrogen and oxygen atoms in total. The average Bonchev–Trinajstić information content (AvgIpc) is 3.25. The number of ether oxygens (including phenoxy) is 2. The highest BCUT2D eigenvalue weighted by molar-refractivity contribution is 5.81. The zero-order valence-corrected chi connectivity index (χ0v) is 13.9. The molecule has 0 aliphatic heterocycles. The fraction of sp³-hybridized carbons (Fsp3) is 0.588. The minimum absolute atomic E-state index is 0.254. The van der Waals surface area contributed by atoms with Crippen LogP contribution in [0.4, 0.5) is 4.79 Å². The van der Waals surface area contributed by atoms with E-state index in [4.69, 9.17) is 9.47 Å². The third-order valence-electron chi connectivity index (χ3n) is 3.85. The minimum atomic E-state index is -0.679. The molecule has 1 aromatic heterocycles. The van der Waals surface area contributed by atoms with Gasteiger partial charge in [-0.2, -0.15) is 0 Å². The number of methoxy groups -OCH3 is 1. The van der Waals surface area contributed by atoms with E-state index in [0.717, 1.165) is 18.4 Å². The Bertz CT molecular complexity index is 541. The van der Waals surface area contributed by atoms with Crippen LogP contribution < -0.4 is 5.32 Å². The van der Waals surface area contributed by atoms with Crippen molar-refractivity contribution in [2.24, 2.45) is 5.92 Å². The van der Waals surface area contributed by atoms with Gasteiger partial charge in [0.05, 0.1) is 7.11 Å². The third-order valence-corrected chi connectivity index (χ3v) is 3.85. The Hall–Kier alpha value is -2.11. The smallest absolute Gasteiger partial charge is 0.408 e. The predicted octanol–water partition coefficient (Wildman–Crippen LogP) is 2.47. The van der Waals surface area contributed by atoms with E-state index in [1.54, 1.807) is 12.4 Å². The normalized spacial score (nSPS) is 16.5. The van der Waals surface area contributed by atoms with E-state index in [0.29, 0.717) is 12.8 Å². The van der Waals surface area contributed by atoms with Crippen LogP contribution in [-0.4, -0.2) is 35.8 Å². The second-order valence-corrected chi connectivity index (χ2v) is 6.46. The third kappa shape index (κ3) is 5.23. The van der Waals surface area contributed by atoms with Crippen molar-refractivity contribution < 1.29 is 19.1 Å². The molecule has 1 aromatic rings. The van der Waals surface area contributed by atoms with Crippen LogP contribution in [0.2, 0.25) is 0 Å². The van der Waals surface area contributed by atoms with Crippen molar-refractivity contribution in [3.8, 4) is 0 Å². The Balaban J connectivity index is 1.91. The number of hydrogen-bond acceptors (Lipinski definition) is 5. The number of pyridine rings is 1. The maximum atomic E-state index is 12.1. The number of amides is 1. The summed E-state index contributed by atoms with van der Waals surface area (Å²) in [5.74, 6) is -0.197. The van der Waals surface area contributed by atoms with Crippen LogP contribution in [0.25, 0.3) is 0 Å². The number of carbonyl (C=O) groups excluding carboxylic acids is 2. The van der Waals surface area contributed by atoms with Gasteiger partial charge in [0.25, 0.3) is 0 Å². The topological polar surface area (TPSA) is 77.5 Å². The fourth-order valence-corrected chi connectivity index (χ4v) is 2.53. The van der Waals surface area contributed by atoms with Crippen LogP contribution in [0, 0.1) is 5.92 Å². The van der Waals surface area contributed by atoms with Gasteiger partial charge in [-0.1, -0.05) is 19.9 Å². The number of esters is 1.